The molecule has 0 aliphatic carbocycles. The molecule has 2 unspecified atom stereocenters. The standard InChI is InChI=1S/C15H28N4S/c1-5-7-16-13(4)14-11-20-15(17-14)19-9-8-18(6-2)12(3)10-19/h11-13,16H,5-10H2,1-4H3. The zero-order chi connectivity index (χ0) is 14.5. The van der Waals surface area contributed by atoms with Gasteiger partial charge in [-0.1, -0.05) is 13.8 Å². The van der Waals surface area contributed by atoms with Crippen molar-refractivity contribution in [2.24, 2.45) is 0 Å². The molecule has 2 heterocycles. The second-order valence-electron chi connectivity index (χ2n) is 5.65. The van der Waals surface area contributed by atoms with Crippen LogP contribution < -0.4 is 10.2 Å². The van der Waals surface area contributed by atoms with Crippen molar-refractivity contribution in [3.63, 3.8) is 0 Å². The normalized spacial score (nSPS) is 22.2. The lowest BCUT2D eigenvalue weighted by atomic mass is 10.2. The lowest BCUT2D eigenvalue weighted by Crippen LogP contribution is -2.51. The zero-order valence-corrected chi connectivity index (χ0v) is 14.0. The predicted molar refractivity (Wildman–Crippen MR) is 87.7 cm³/mol. The van der Waals surface area contributed by atoms with E-state index in [1.165, 1.54) is 10.8 Å². The lowest BCUT2D eigenvalue weighted by Gasteiger charge is -2.39. The van der Waals surface area contributed by atoms with E-state index in [1.807, 2.05) is 0 Å². The molecular weight excluding hydrogens is 268 g/mol. The van der Waals surface area contributed by atoms with Crippen LogP contribution >= 0.6 is 11.3 Å². The molecule has 2 rings (SSSR count). The fourth-order valence-electron chi connectivity index (χ4n) is 2.72. The highest BCUT2D eigenvalue weighted by molar-refractivity contribution is 7.13. The maximum Gasteiger partial charge on any atom is 0.185 e. The first kappa shape index (κ1) is 15.7. The van der Waals surface area contributed by atoms with E-state index in [0.717, 1.165) is 39.1 Å². The second kappa shape index (κ2) is 7.38. The Bertz CT molecular complexity index is 406. The molecule has 114 valence electrons. The summed E-state index contributed by atoms with van der Waals surface area (Å²) in [6, 6.07) is 0.978. The minimum Gasteiger partial charge on any atom is -0.345 e. The summed E-state index contributed by atoms with van der Waals surface area (Å²) >= 11 is 1.79. The summed E-state index contributed by atoms with van der Waals surface area (Å²) in [7, 11) is 0. The van der Waals surface area contributed by atoms with Crippen LogP contribution in [0, 0.1) is 0 Å². The molecule has 1 aliphatic heterocycles. The Kier molecular flexibility index (Phi) is 5.81. The number of thiazole rings is 1. The minimum absolute atomic E-state index is 0.356. The first-order chi connectivity index (χ1) is 9.65. The molecule has 1 aliphatic rings. The smallest absolute Gasteiger partial charge is 0.185 e. The van der Waals surface area contributed by atoms with Gasteiger partial charge in [-0.15, -0.1) is 11.3 Å². The van der Waals surface area contributed by atoms with Crippen molar-refractivity contribution in [2.45, 2.75) is 46.2 Å². The summed E-state index contributed by atoms with van der Waals surface area (Å²) < 4.78 is 0. The molecule has 1 saturated heterocycles. The fraction of sp³-hybridized carbons (Fsp3) is 0.800. The van der Waals surface area contributed by atoms with Gasteiger partial charge in [-0.05, 0) is 33.4 Å². The third-order valence-corrected chi connectivity index (χ3v) is 5.02. The zero-order valence-electron chi connectivity index (χ0n) is 13.2. The highest BCUT2D eigenvalue weighted by Crippen LogP contribution is 2.26. The molecule has 0 amide bonds. The highest BCUT2D eigenvalue weighted by atomic mass is 32.1. The molecule has 0 aromatic carbocycles. The van der Waals surface area contributed by atoms with Crippen molar-refractivity contribution >= 4 is 16.5 Å². The van der Waals surface area contributed by atoms with E-state index in [2.05, 4.69) is 48.2 Å². The van der Waals surface area contributed by atoms with Gasteiger partial charge in [0.05, 0.1) is 5.69 Å². The van der Waals surface area contributed by atoms with E-state index in [1.54, 1.807) is 11.3 Å². The topological polar surface area (TPSA) is 31.4 Å². The molecular formula is C15H28N4S. The van der Waals surface area contributed by atoms with E-state index in [4.69, 9.17) is 4.98 Å². The molecule has 4 nitrogen and oxygen atoms in total. The van der Waals surface area contributed by atoms with Crippen LogP contribution in [0.4, 0.5) is 5.13 Å². The molecule has 1 aromatic heterocycles. The van der Waals surface area contributed by atoms with Gasteiger partial charge >= 0.3 is 0 Å². The monoisotopic (exact) mass is 296 g/mol. The van der Waals surface area contributed by atoms with E-state index in [-0.39, 0.29) is 0 Å². The Morgan fingerprint density at radius 1 is 1.45 bits per heavy atom. The molecule has 5 heteroatoms. The summed E-state index contributed by atoms with van der Waals surface area (Å²) in [6.07, 6.45) is 1.16. The SMILES string of the molecule is CCCNC(C)c1csc(N2CCN(CC)C(C)C2)n1. The lowest BCUT2D eigenvalue weighted by molar-refractivity contribution is 0.199. The first-order valence-corrected chi connectivity index (χ1v) is 8.71. The molecule has 2 atom stereocenters. The van der Waals surface area contributed by atoms with Crippen molar-refractivity contribution in [3.8, 4) is 0 Å². The van der Waals surface area contributed by atoms with Crippen LogP contribution in [0.25, 0.3) is 0 Å². The van der Waals surface area contributed by atoms with Crippen molar-refractivity contribution in [2.75, 3.05) is 37.6 Å². The fourth-order valence-corrected chi connectivity index (χ4v) is 3.68. The van der Waals surface area contributed by atoms with Gasteiger partial charge < -0.3 is 10.2 Å². The van der Waals surface area contributed by atoms with Gasteiger partial charge in [-0.25, -0.2) is 4.98 Å². The maximum atomic E-state index is 4.84. The van der Waals surface area contributed by atoms with Crippen LogP contribution in [0.1, 0.15) is 45.9 Å². The van der Waals surface area contributed by atoms with Gasteiger partial charge in [0.15, 0.2) is 5.13 Å². The third-order valence-electron chi connectivity index (χ3n) is 4.10. The number of likely N-dealkylation sites (N-methyl/N-ethyl adjacent to an activating group) is 1. The van der Waals surface area contributed by atoms with Gasteiger partial charge in [-0.2, -0.15) is 0 Å². The largest absolute Gasteiger partial charge is 0.345 e. The van der Waals surface area contributed by atoms with Crippen LogP contribution in [0.3, 0.4) is 0 Å². The number of rotatable bonds is 6. The number of nitrogens with one attached hydrogen (secondary N) is 1. The summed E-state index contributed by atoms with van der Waals surface area (Å²) in [5.41, 5.74) is 1.18. The molecule has 1 N–H and O–H groups in total. The summed E-state index contributed by atoms with van der Waals surface area (Å²) in [6.45, 7) is 14.5. The predicted octanol–water partition coefficient (Wildman–Crippen LogP) is 2.73. The Morgan fingerprint density at radius 3 is 2.90 bits per heavy atom. The number of hydrogen-bond acceptors (Lipinski definition) is 5. The average molecular weight is 296 g/mol. The average Bonchev–Trinajstić information content (AvgIpc) is 2.94. The highest BCUT2D eigenvalue weighted by Gasteiger charge is 2.24. The summed E-state index contributed by atoms with van der Waals surface area (Å²) in [4.78, 5) is 9.82. The van der Waals surface area contributed by atoms with Gasteiger partial charge in [0.25, 0.3) is 0 Å². The molecule has 0 radical (unpaired) electrons. The van der Waals surface area contributed by atoms with Crippen LogP contribution in [-0.2, 0) is 0 Å². The van der Waals surface area contributed by atoms with Gasteiger partial charge in [-0.3, -0.25) is 4.90 Å². The van der Waals surface area contributed by atoms with Crippen LogP contribution in [0.15, 0.2) is 5.38 Å². The Labute approximate surface area is 127 Å². The Hall–Kier alpha value is -0.650. The molecule has 1 aromatic rings. The van der Waals surface area contributed by atoms with Gasteiger partial charge in [0.2, 0.25) is 0 Å². The molecule has 0 spiro atoms. The van der Waals surface area contributed by atoms with Crippen molar-refractivity contribution in [1.29, 1.82) is 0 Å². The van der Waals surface area contributed by atoms with E-state index in [9.17, 15) is 0 Å². The number of aromatic nitrogens is 1. The van der Waals surface area contributed by atoms with Crippen LogP contribution in [0.2, 0.25) is 0 Å². The van der Waals surface area contributed by atoms with E-state index in [0.29, 0.717) is 12.1 Å². The minimum atomic E-state index is 0.356. The van der Waals surface area contributed by atoms with Crippen molar-refractivity contribution in [1.82, 2.24) is 15.2 Å². The third kappa shape index (κ3) is 3.71. The number of anilines is 1. The Morgan fingerprint density at radius 2 is 2.25 bits per heavy atom. The first-order valence-electron chi connectivity index (χ1n) is 7.83. The molecule has 1 fully saturated rings. The van der Waals surface area contributed by atoms with Gasteiger partial charge in [0, 0.05) is 37.1 Å². The second-order valence-corrected chi connectivity index (χ2v) is 6.49. The van der Waals surface area contributed by atoms with Gasteiger partial charge in [0.1, 0.15) is 0 Å². The van der Waals surface area contributed by atoms with Crippen molar-refractivity contribution < 1.29 is 0 Å². The molecule has 0 bridgehead atoms. The molecule has 0 saturated carbocycles. The summed E-state index contributed by atoms with van der Waals surface area (Å²) in [5.74, 6) is 0. The number of piperazine rings is 1. The number of hydrogen-bond donors (Lipinski definition) is 1. The number of nitrogens with zero attached hydrogens (tertiary/aromatic N) is 3. The summed E-state index contributed by atoms with van der Waals surface area (Å²) in [5, 5.41) is 6.90. The van der Waals surface area contributed by atoms with E-state index >= 15 is 0 Å². The van der Waals surface area contributed by atoms with E-state index < -0.39 is 0 Å². The Balaban J connectivity index is 1.95. The maximum absolute atomic E-state index is 4.84. The quantitative estimate of drug-likeness (QED) is 0.874. The van der Waals surface area contributed by atoms with Crippen LogP contribution in [-0.4, -0.2) is 48.6 Å². The molecule has 20 heavy (non-hydrogen) atoms. The van der Waals surface area contributed by atoms with Crippen molar-refractivity contribution in [3.05, 3.63) is 11.1 Å². The van der Waals surface area contributed by atoms with Crippen LogP contribution in [0.5, 0.6) is 0 Å².